The van der Waals surface area contributed by atoms with E-state index in [9.17, 15) is 4.39 Å². The largest absolute Gasteiger partial charge is 0.306 e. The van der Waals surface area contributed by atoms with Gasteiger partial charge in [-0.05, 0) is 54.4 Å². The topological polar surface area (TPSA) is 12.0 Å². The maximum absolute atomic E-state index is 13.2. The van der Waals surface area contributed by atoms with E-state index in [0.717, 1.165) is 15.6 Å². The Labute approximate surface area is 136 Å². The number of hydrogen-bond acceptors (Lipinski definition) is 1. The molecule has 2 rings (SSSR count). The average molecular weight is 377 g/mol. The van der Waals surface area contributed by atoms with E-state index in [1.165, 1.54) is 12.1 Å². The molecule has 0 aliphatic rings. The van der Waals surface area contributed by atoms with Crippen LogP contribution in [-0.4, -0.2) is 0 Å². The Morgan fingerprint density at radius 1 is 1.20 bits per heavy atom. The van der Waals surface area contributed by atoms with Crippen molar-refractivity contribution in [3.8, 4) is 0 Å². The lowest BCUT2D eigenvalue weighted by atomic mass is 10.1. The quantitative estimate of drug-likeness (QED) is 0.716. The van der Waals surface area contributed by atoms with Crippen molar-refractivity contribution < 1.29 is 4.39 Å². The first-order valence-electron chi connectivity index (χ1n) is 6.09. The molecule has 0 amide bonds. The van der Waals surface area contributed by atoms with Gasteiger partial charge < -0.3 is 5.32 Å². The Morgan fingerprint density at radius 2 is 1.95 bits per heavy atom. The van der Waals surface area contributed by atoms with Crippen LogP contribution in [-0.2, 0) is 6.54 Å². The average Bonchev–Trinajstić information content (AvgIpc) is 2.42. The van der Waals surface area contributed by atoms with Crippen LogP contribution in [0.25, 0.3) is 0 Å². The van der Waals surface area contributed by atoms with Gasteiger partial charge in [-0.15, -0.1) is 0 Å². The molecule has 106 valence electrons. The van der Waals surface area contributed by atoms with Crippen molar-refractivity contribution in [2.75, 3.05) is 0 Å². The molecule has 1 unspecified atom stereocenters. The second-order valence-corrected chi connectivity index (χ2v) is 6.20. The summed E-state index contributed by atoms with van der Waals surface area (Å²) in [5.74, 6) is -0.251. The monoisotopic (exact) mass is 375 g/mol. The minimum atomic E-state index is -0.251. The van der Waals surface area contributed by atoms with E-state index in [2.05, 4.69) is 21.2 Å². The molecule has 0 saturated carbocycles. The molecule has 2 aromatic rings. The molecular weight excluding hydrogens is 364 g/mol. The number of halogens is 4. The molecule has 0 bridgehead atoms. The third kappa shape index (κ3) is 3.95. The van der Waals surface area contributed by atoms with Gasteiger partial charge in [0.15, 0.2) is 0 Å². The molecule has 0 aromatic heterocycles. The zero-order chi connectivity index (χ0) is 14.7. The first kappa shape index (κ1) is 15.8. The van der Waals surface area contributed by atoms with Crippen molar-refractivity contribution in [3.05, 3.63) is 67.9 Å². The second-order valence-electron chi connectivity index (χ2n) is 4.50. The van der Waals surface area contributed by atoms with Gasteiger partial charge >= 0.3 is 0 Å². The first-order valence-corrected chi connectivity index (χ1v) is 7.64. The fourth-order valence-electron chi connectivity index (χ4n) is 1.90. The third-order valence-corrected chi connectivity index (χ3v) is 4.38. The van der Waals surface area contributed by atoms with Crippen LogP contribution in [0.15, 0.2) is 40.9 Å². The van der Waals surface area contributed by atoms with Crippen molar-refractivity contribution in [1.29, 1.82) is 0 Å². The summed E-state index contributed by atoms with van der Waals surface area (Å²) in [5, 5.41) is 4.61. The maximum atomic E-state index is 13.2. The van der Waals surface area contributed by atoms with Gasteiger partial charge in [-0.2, -0.15) is 0 Å². The number of hydrogen-bond donors (Lipinski definition) is 1. The van der Waals surface area contributed by atoms with Gasteiger partial charge in [0.1, 0.15) is 5.82 Å². The predicted molar refractivity (Wildman–Crippen MR) is 85.8 cm³/mol. The first-order chi connectivity index (χ1) is 9.47. The van der Waals surface area contributed by atoms with Crippen molar-refractivity contribution in [1.82, 2.24) is 5.32 Å². The molecule has 0 aliphatic carbocycles. The summed E-state index contributed by atoms with van der Waals surface area (Å²) < 4.78 is 14.1. The highest BCUT2D eigenvalue weighted by Gasteiger charge is 2.11. The Bertz CT molecular complexity index is 619. The Morgan fingerprint density at radius 3 is 2.70 bits per heavy atom. The highest BCUT2D eigenvalue weighted by molar-refractivity contribution is 9.10. The normalized spacial score (nSPS) is 12.4. The molecule has 1 atom stereocenters. The molecule has 20 heavy (non-hydrogen) atoms. The van der Waals surface area contributed by atoms with Gasteiger partial charge in [0, 0.05) is 27.1 Å². The Balaban J connectivity index is 2.10. The van der Waals surface area contributed by atoms with Gasteiger partial charge in [-0.25, -0.2) is 4.39 Å². The van der Waals surface area contributed by atoms with Crippen LogP contribution in [0.2, 0.25) is 10.0 Å². The molecule has 0 spiro atoms. The van der Waals surface area contributed by atoms with Gasteiger partial charge in [-0.1, -0.05) is 39.1 Å². The smallest absolute Gasteiger partial charge is 0.123 e. The van der Waals surface area contributed by atoms with Crippen molar-refractivity contribution in [2.45, 2.75) is 19.5 Å². The summed E-state index contributed by atoms with van der Waals surface area (Å²) in [7, 11) is 0. The van der Waals surface area contributed by atoms with Crippen LogP contribution in [0.1, 0.15) is 24.1 Å². The van der Waals surface area contributed by atoms with E-state index >= 15 is 0 Å². The highest BCUT2D eigenvalue weighted by atomic mass is 79.9. The summed E-state index contributed by atoms with van der Waals surface area (Å²) in [6.07, 6.45) is 0. The fraction of sp³-hybridized carbons (Fsp3) is 0.200. The Kier molecular flexibility index (Phi) is 5.44. The number of nitrogens with one attached hydrogen (secondary N) is 1. The lowest BCUT2D eigenvalue weighted by Crippen LogP contribution is -2.18. The van der Waals surface area contributed by atoms with Crippen molar-refractivity contribution in [2.24, 2.45) is 0 Å². The van der Waals surface area contributed by atoms with Crippen molar-refractivity contribution in [3.63, 3.8) is 0 Å². The highest BCUT2D eigenvalue weighted by Crippen LogP contribution is 2.27. The molecular formula is C15H13BrCl2FN. The van der Waals surface area contributed by atoms with Gasteiger partial charge in [0.05, 0.1) is 0 Å². The van der Waals surface area contributed by atoms with Gasteiger partial charge in [0.2, 0.25) is 0 Å². The minimum absolute atomic E-state index is 0.0105. The summed E-state index contributed by atoms with van der Waals surface area (Å²) in [4.78, 5) is 0. The predicted octanol–water partition coefficient (Wildman–Crippen LogP) is 5.75. The number of rotatable bonds is 4. The number of benzene rings is 2. The molecule has 0 saturated heterocycles. The van der Waals surface area contributed by atoms with Crippen LogP contribution < -0.4 is 5.32 Å². The molecule has 5 heteroatoms. The summed E-state index contributed by atoms with van der Waals surface area (Å²) in [6.45, 7) is 2.52. The second kappa shape index (κ2) is 6.90. The van der Waals surface area contributed by atoms with Crippen LogP contribution in [0.4, 0.5) is 4.39 Å². The Hall–Kier alpha value is -0.610. The molecule has 0 radical (unpaired) electrons. The lowest BCUT2D eigenvalue weighted by Gasteiger charge is -2.16. The summed E-state index contributed by atoms with van der Waals surface area (Å²) >= 11 is 15.6. The molecule has 0 heterocycles. The van der Waals surface area contributed by atoms with Crippen LogP contribution in [0, 0.1) is 5.82 Å². The molecule has 1 nitrogen and oxygen atoms in total. The van der Waals surface area contributed by atoms with E-state index in [1.807, 2.05) is 13.0 Å². The summed E-state index contributed by atoms with van der Waals surface area (Å²) in [6, 6.07) is 10.00. The molecule has 1 N–H and O–H groups in total. The molecule has 0 fully saturated rings. The van der Waals surface area contributed by atoms with E-state index < -0.39 is 0 Å². The minimum Gasteiger partial charge on any atom is -0.306 e. The lowest BCUT2D eigenvalue weighted by molar-refractivity contribution is 0.568. The maximum Gasteiger partial charge on any atom is 0.123 e. The molecule has 2 aromatic carbocycles. The van der Waals surface area contributed by atoms with Gasteiger partial charge in [-0.3, -0.25) is 0 Å². The van der Waals surface area contributed by atoms with Gasteiger partial charge in [0.25, 0.3) is 0 Å². The van der Waals surface area contributed by atoms with Crippen LogP contribution >= 0.6 is 39.1 Å². The molecule has 0 aliphatic heterocycles. The standard InChI is InChI=1S/C15H13BrCl2FN/c1-9(13-7-11(17)2-5-15(13)18)20-8-10-6-12(19)3-4-14(10)16/h2-7,9,20H,8H2,1H3. The zero-order valence-electron chi connectivity index (χ0n) is 10.8. The third-order valence-electron chi connectivity index (χ3n) is 3.03. The van der Waals surface area contributed by atoms with Crippen molar-refractivity contribution >= 4 is 39.1 Å². The van der Waals surface area contributed by atoms with E-state index in [-0.39, 0.29) is 11.9 Å². The van der Waals surface area contributed by atoms with E-state index in [1.54, 1.807) is 18.2 Å². The zero-order valence-corrected chi connectivity index (χ0v) is 13.9. The van der Waals surface area contributed by atoms with Crippen LogP contribution in [0.3, 0.4) is 0 Å². The fourth-order valence-corrected chi connectivity index (χ4v) is 2.75. The van der Waals surface area contributed by atoms with Crippen LogP contribution in [0.5, 0.6) is 0 Å². The summed E-state index contributed by atoms with van der Waals surface area (Å²) in [5.41, 5.74) is 1.78. The van der Waals surface area contributed by atoms with E-state index in [0.29, 0.717) is 16.6 Å². The SMILES string of the molecule is CC(NCc1cc(F)ccc1Br)c1cc(Cl)ccc1Cl. The van der Waals surface area contributed by atoms with E-state index in [4.69, 9.17) is 23.2 Å².